The zero-order valence-electron chi connectivity index (χ0n) is 20.3. The average Bonchev–Trinajstić information content (AvgIpc) is 2.69. The number of fused-ring (bicyclic) bond motifs is 1. The van der Waals surface area contributed by atoms with E-state index in [2.05, 4.69) is 39.8 Å². The molecule has 5 nitrogen and oxygen atoms in total. The van der Waals surface area contributed by atoms with Gasteiger partial charge in [-0.05, 0) is 87.1 Å². The van der Waals surface area contributed by atoms with Crippen molar-refractivity contribution in [2.45, 2.75) is 91.1 Å². The third kappa shape index (κ3) is 10.4. The zero-order valence-corrected chi connectivity index (χ0v) is 21.1. The fraction of sp³-hybridized carbons (Fsp3) is 0.692. The van der Waals surface area contributed by atoms with E-state index >= 15 is 0 Å². The number of hydrogen-bond acceptors (Lipinski definition) is 4. The molecule has 0 radical (unpaired) electrons. The third-order valence-electron chi connectivity index (χ3n) is 6.07. The van der Waals surface area contributed by atoms with Gasteiger partial charge in [-0.2, -0.15) is 8.42 Å². The first-order valence-corrected chi connectivity index (χ1v) is 13.7. The molecule has 1 N–H and O–H groups in total. The van der Waals surface area contributed by atoms with E-state index in [1.165, 1.54) is 24.8 Å². The Morgan fingerprint density at radius 3 is 2.66 bits per heavy atom. The highest BCUT2D eigenvalue weighted by Gasteiger charge is 2.29. The third-order valence-corrected chi connectivity index (χ3v) is 6.87. The molecule has 2 rings (SSSR count). The molecular formula is C26H42O5S. The SMILES string of the molecule is CC(C)CCCC(C)CC=CC1(C)CCc2cc(OCCCCCS(=O)(=O)O)ccc2O1. The Balaban J connectivity index is 1.76. The van der Waals surface area contributed by atoms with Crippen LogP contribution in [0.5, 0.6) is 11.5 Å². The van der Waals surface area contributed by atoms with Crippen LogP contribution in [-0.4, -0.2) is 30.9 Å². The summed E-state index contributed by atoms with van der Waals surface area (Å²) >= 11 is 0. The summed E-state index contributed by atoms with van der Waals surface area (Å²) in [5.41, 5.74) is 0.905. The molecule has 0 aliphatic carbocycles. The lowest BCUT2D eigenvalue weighted by molar-refractivity contribution is 0.114. The molecule has 182 valence electrons. The van der Waals surface area contributed by atoms with Gasteiger partial charge < -0.3 is 9.47 Å². The van der Waals surface area contributed by atoms with E-state index in [-0.39, 0.29) is 11.4 Å². The maximum absolute atomic E-state index is 10.7. The Bertz CT molecular complexity index is 831. The molecule has 0 saturated carbocycles. The fourth-order valence-corrected chi connectivity index (χ4v) is 4.61. The normalized spacial score (nSPS) is 19.7. The van der Waals surface area contributed by atoms with Crippen LogP contribution >= 0.6 is 0 Å². The molecule has 1 aromatic rings. The van der Waals surface area contributed by atoms with Crippen LogP contribution < -0.4 is 9.47 Å². The Kier molecular flexibility index (Phi) is 10.6. The second kappa shape index (κ2) is 12.6. The number of hydrogen-bond donors (Lipinski definition) is 1. The Labute approximate surface area is 195 Å². The summed E-state index contributed by atoms with van der Waals surface area (Å²) in [6.07, 6.45) is 13.3. The molecule has 2 atom stereocenters. The van der Waals surface area contributed by atoms with Crippen LogP contribution in [0.4, 0.5) is 0 Å². The Morgan fingerprint density at radius 2 is 1.94 bits per heavy atom. The summed E-state index contributed by atoms with van der Waals surface area (Å²) < 4.78 is 42.3. The summed E-state index contributed by atoms with van der Waals surface area (Å²) in [6, 6.07) is 5.97. The lowest BCUT2D eigenvalue weighted by atomic mass is 9.91. The lowest BCUT2D eigenvalue weighted by Crippen LogP contribution is -2.34. The highest BCUT2D eigenvalue weighted by molar-refractivity contribution is 7.85. The maximum Gasteiger partial charge on any atom is 0.264 e. The van der Waals surface area contributed by atoms with Gasteiger partial charge in [0.1, 0.15) is 17.1 Å². The van der Waals surface area contributed by atoms with Crippen molar-refractivity contribution in [1.29, 1.82) is 0 Å². The smallest absolute Gasteiger partial charge is 0.264 e. The molecule has 6 heteroatoms. The van der Waals surface area contributed by atoms with Gasteiger partial charge in [0.15, 0.2) is 0 Å². The second-order valence-electron chi connectivity index (χ2n) is 9.95. The number of rotatable bonds is 14. The van der Waals surface area contributed by atoms with E-state index in [0.29, 0.717) is 25.4 Å². The zero-order chi connectivity index (χ0) is 23.6. The lowest BCUT2D eigenvalue weighted by Gasteiger charge is -2.33. The van der Waals surface area contributed by atoms with Gasteiger partial charge in [-0.1, -0.05) is 46.1 Å². The minimum absolute atomic E-state index is 0.187. The molecule has 1 heterocycles. The van der Waals surface area contributed by atoms with Crippen molar-refractivity contribution in [3.63, 3.8) is 0 Å². The summed E-state index contributed by atoms with van der Waals surface area (Å²) in [5, 5.41) is 0. The summed E-state index contributed by atoms with van der Waals surface area (Å²) in [5.74, 6) is 3.05. The molecule has 32 heavy (non-hydrogen) atoms. The van der Waals surface area contributed by atoms with E-state index in [1.807, 2.05) is 18.2 Å². The number of ether oxygens (including phenoxy) is 2. The van der Waals surface area contributed by atoms with Gasteiger partial charge in [-0.25, -0.2) is 0 Å². The molecule has 0 spiro atoms. The monoisotopic (exact) mass is 466 g/mol. The molecule has 0 amide bonds. The van der Waals surface area contributed by atoms with Crippen LogP contribution in [0.15, 0.2) is 30.4 Å². The van der Waals surface area contributed by atoms with Crippen molar-refractivity contribution in [2.75, 3.05) is 12.4 Å². The van der Waals surface area contributed by atoms with Crippen molar-refractivity contribution in [3.05, 3.63) is 35.9 Å². The molecule has 2 unspecified atom stereocenters. The van der Waals surface area contributed by atoms with Crippen LogP contribution in [0.25, 0.3) is 0 Å². The summed E-state index contributed by atoms with van der Waals surface area (Å²) in [6.45, 7) is 9.60. The standard InChI is InChI=1S/C26H42O5S/c1-21(2)10-8-11-22(3)12-9-16-26(4)17-15-23-20-24(13-14-25(23)31-26)30-18-6-5-7-19-32(27,28)29/h9,13-14,16,20-22H,5-8,10-12,15,17-19H2,1-4H3,(H,27,28,29). The molecule has 0 bridgehead atoms. The van der Waals surface area contributed by atoms with Gasteiger partial charge in [-0.15, -0.1) is 0 Å². The van der Waals surface area contributed by atoms with Crippen LogP contribution in [0.2, 0.25) is 0 Å². The van der Waals surface area contributed by atoms with E-state index in [0.717, 1.165) is 43.1 Å². The molecule has 0 saturated heterocycles. The summed E-state index contributed by atoms with van der Waals surface area (Å²) in [7, 11) is -3.86. The maximum atomic E-state index is 10.7. The van der Waals surface area contributed by atoms with Crippen LogP contribution in [0.3, 0.4) is 0 Å². The number of aryl methyl sites for hydroxylation is 1. The van der Waals surface area contributed by atoms with Crippen LogP contribution in [0, 0.1) is 11.8 Å². The van der Waals surface area contributed by atoms with Gasteiger partial charge in [-0.3, -0.25) is 4.55 Å². The number of unbranched alkanes of at least 4 members (excludes halogenated alkanes) is 2. The van der Waals surface area contributed by atoms with E-state index in [9.17, 15) is 8.42 Å². The van der Waals surface area contributed by atoms with Gasteiger partial charge in [0.05, 0.1) is 12.4 Å². The van der Waals surface area contributed by atoms with Crippen molar-refractivity contribution in [2.24, 2.45) is 11.8 Å². The van der Waals surface area contributed by atoms with Gasteiger partial charge in [0, 0.05) is 0 Å². The largest absolute Gasteiger partial charge is 0.494 e. The molecule has 0 aromatic heterocycles. The predicted molar refractivity (Wildman–Crippen MR) is 131 cm³/mol. The minimum atomic E-state index is -3.86. The average molecular weight is 467 g/mol. The summed E-state index contributed by atoms with van der Waals surface area (Å²) in [4.78, 5) is 0. The molecule has 1 aliphatic heterocycles. The molecular weight excluding hydrogens is 424 g/mol. The van der Waals surface area contributed by atoms with Crippen molar-refractivity contribution >= 4 is 10.1 Å². The highest BCUT2D eigenvalue weighted by Crippen LogP contribution is 2.36. The number of allylic oxidation sites excluding steroid dienone is 1. The first-order chi connectivity index (χ1) is 15.1. The first kappa shape index (κ1) is 26.7. The van der Waals surface area contributed by atoms with Gasteiger partial charge in [0.2, 0.25) is 0 Å². The van der Waals surface area contributed by atoms with Crippen LogP contribution in [0.1, 0.15) is 84.6 Å². The predicted octanol–water partition coefficient (Wildman–Crippen LogP) is 6.62. The van der Waals surface area contributed by atoms with Crippen LogP contribution in [-0.2, 0) is 16.5 Å². The fourth-order valence-electron chi connectivity index (χ4n) is 4.04. The molecule has 1 aromatic carbocycles. The van der Waals surface area contributed by atoms with E-state index in [1.54, 1.807) is 0 Å². The minimum Gasteiger partial charge on any atom is -0.494 e. The van der Waals surface area contributed by atoms with Gasteiger partial charge in [0.25, 0.3) is 10.1 Å². The van der Waals surface area contributed by atoms with Crippen molar-refractivity contribution in [3.8, 4) is 11.5 Å². The second-order valence-corrected chi connectivity index (χ2v) is 11.5. The molecule has 1 aliphatic rings. The topological polar surface area (TPSA) is 72.8 Å². The van der Waals surface area contributed by atoms with E-state index < -0.39 is 10.1 Å². The van der Waals surface area contributed by atoms with E-state index in [4.69, 9.17) is 14.0 Å². The highest BCUT2D eigenvalue weighted by atomic mass is 32.2. The number of benzene rings is 1. The Morgan fingerprint density at radius 1 is 1.16 bits per heavy atom. The van der Waals surface area contributed by atoms with Gasteiger partial charge >= 0.3 is 0 Å². The quantitative estimate of drug-likeness (QED) is 0.190. The first-order valence-electron chi connectivity index (χ1n) is 12.1. The van der Waals surface area contributed by atoms with Crippen molar-refractivity contribution < 1.29 is 22.4 Å². The molecule has 0 fully saturated rings. The van der Waals surface area contributed by atoms with Crippen molar-refractivity contribution in [1.82, 2.24) is 0 Å². The Hall–Kier alpha value is -1.53.